The molecule has 10 nitrogen and oxygen atoms in total. The highest BCUT2D eigenvalue weighted by molar-refractivity contribution is 6.62. The zero-order chi connectivity index (χ0) is 27.9. The molecule has 1 saturated heterocycles. The fourth-order valence-corrected chi connectivity index (χ4v) is 7.73. The van der Waals surface area contributed by atoms with E-state index in [1.54, 1.807) is 0 Å². The molecule has 4 aliphatic carbocycles. The van der Waals surface area contributed by atoms with Gasteiger partial charge in [-0.25, -0.2) is 4.79 Å². The number of carboxylic acid groups (broad SMARTS) is 1. The van der Waals surface area contributed by atoms with Crippen LogP contribution in [-0.2, 0) is 30.1 Å². The molecule has 1 aromatic rings. The largest absolute Gasteiger partial charge is 0.498 e. The van der Waals surface area contributed by atoms with E-state index >= 15 is 0 Å². The third kappa shape index (κ3) is 6.17. The first kappa shape index (κ1) is 28.9. The lowest BCUT2D eigenvalue weighted by Gasteiger charge is -2.61. The van der Waals surface area contributed by atoms with Gasteiger partial charge in [-0.3, -0.25) is 4.68 Å². The number of rotatable bonds is 13. The van der Waals surface area contributed by atoms with E-state index in [9.17, 15) is 4.79 Å². The Balaban J connectivity index is 1.13. The highest BCUT2D eigenvalue weighted by Crippen LogP contribution is 2.63. The van der Waals surface area contributed by atoms with Crippen LogP contribution < -0.4 is 10.8 Å². The minimum atomic E-state index is -1.04. The predicted octanol–water partition coefficient (Wildman–Crippen LogP) is 3.15. The monoisotopic (exact) mass is 547 g/mol. The Bertz CT molecular complexity index is 999. The van der Waals surface area contributed by atoms with Crippen LogP contribution in [0.3, 0.4) is 0 Å². The van der Waals surface area contributed by atoms with Gasteiger partial charge in [-0.1, -0.05) is 0 Å². The number of amides is 1. The molecule has 39 heavy (non-hydrogen) atoms. The standard InChI is InChI=1S/C28H46BN3O7/c1-20-23(29-38-25(2,3)26(4,5)39-29)17-31-32(20)19-27-13-21-12-22(14-27)16-28(15-21,18-27)37-11-10-36-9-8-35-7-6-30-24(33)34/h17,21-22,30H,6-16,18-19H2,1-5H3,(H,33,34). The van der Waals surface area contributed by atoms with Gasteiger partial charge in [0.25, 0.3) is 0 Å². The van der Waals surface area contributed by atoms with E-state index in [2.05, 4.69) is 44.6 Å². The van der Waals surface area contributed by atoms with E-state index in [0.29, 0.717) is 33.0 Å². The van der Waals surface area contributed by atoms with Gasteiger partial charge in [0.05, 0.1) is 49.8 Å². The average Bonchev–Trinajstić information content (AvgIpc) is 3.27. The SMILES string of the molecule is Cc1c(B2OC(C)(C)C(C)(C)O2)cnn1CC12CC3CC(C1)CC(OCCOCCOCCNC(=O)O)(C3)C2. The topological polar surface area (TPSA) is 113 Å². The van der Waals surface area contributed by atoms with Gasteiger partial charge in [0.15, 0.2) is 0 Å². The van der Waals surface area contributed by atoms with Crippen molar-refractivity contribution in [2.45, 2.75) is 96.5 Å². The molecule has 1 aromatic heterocycles. The second-order valence-electron chi connectivity index (χ2n) is 13.4. The Labute approximate surface area is 232 Å². The van der Waals surface area contributed by atoms with E-state index in [1.165, 1.54) is 19.3 Å². The van der Waals surface area contributed by atoms with Gasteiger partial charge >= 0.3 is 13.2 Å². The molecular weight excluding hydrogens is 501 g/mol. The van der Waals surface area contributed by atoms with Crippen LogP contribution in [0.15, 0.2) is 6.20 Å². The summed E-state index contributed by atoms with van der Waals surface area (Å²) >= 11 is 0. The number of hydrogen-bond acceptors (Lipinski definition) is 7. The van der Waals surface area contributed by atoms with Gasteiger partial charge in [0.1, 0.15) is 0 Å². The van der Waals surface area contributed by atoms with Crippen LogP contribution in [0.2, 0.25) is 0 Å². The maximum Gasteiger partial charge on any atom is 0.498 e. The van der Waals surface area contributed by atoms with Gasteiger partial charge in [-0.05, 0) is 90.4 Å². The minimum absolute atomic E-state index is 0.0535. The van der Waals surface area contributed by atoms with E-state index in [-0.39, 0.29) is 35.9 Å². The molecule has 1 amide bonds. The van der Waals surface area contributed by atoms with Crippen LogP contribution in [0.4, 0.5) is 4.79 Å². The van der Waals surface area contributed by atoms with Crippen molar-refractivity contribution in [3.05, 3.63) is 11.9 Å². The Kier molecular flexibility index (Phi) is 8.11. The van der Waals surface area contributed by atoms with Crippen LogP contribution in [0.25, 0.3) is 0 Å². The zero-order valence-electron chi connectivity index (χ0n) is 24.3. The van der Waals surface area contributed by atoms with Crippen LogP contribution >= 0.6 is 0 Å². The third-order valence-electron chi connectivity index (χ3n) is 9.79. The molecule has 5 aliphatic rings. The molecule has 5 fully saturated rings. The molecule has 2 heterocycles. The fourth-order valence-electron chi connectivity index (χ4n) is 7.73. The first-order valence-electron chi connectivity index (χ1n) is 14.6. The molecule has 2 N–H and O–H groups in total. The Morgan fingerprint density at radius 2 is 1.67 bits per heavy atom. The van der Waals surface area contributed by atoms with Crippen molar-refractivity contribution in [1.82, 2.24) is 15.1 Å². The van der Waals surface area contributed by atoms with E-state index in [0.717, 1.165) is 48.8 Å². The molecule has 4 bridgehead atoms. The average molecular weight is 548 g/mol. The van der Waals surface area contributed by atoms with Crippen LogP contribution in [0, 0.1) is 24.2 Å². The molecule has 0 aromatic carbocycles. The molecule has 11 heteroatoms. The minimum Gasteiger partial charge on any atom is -0.465 e. The second-order valence-corrected chi connectivity index (χ2v) is 13.4. The third-order valence-corrected chi connectivity index (χ3v) is 9.79. The van der Waals surface area contributed by atoms with Crippen LogP contribution in [0.5, 0.6) is 0 Å². The van der Waals surface area contributed by atoms with Crippen LogP contribution in [0.1, 0.15) is 71.9 Å². The highest BCUT2D eigenvalue weighted by atomic mass is 16.7. The summed E-state index contributed by atoms with van der Waals surface area (Å²) in [6, 6.07) is 0. The summed E-state index contributed by atoms with van der Waals surface area (Å²) in [4.78, 5) is 10.4. The van der Waals surface area contributed by atoms with E-state index in [4.69, 9.17) is 33.7 Å². The molecule has 218 valence electrons. The van der Waals surface area contributed by atoms with Gasteiger partial charge in [-0.2, -0.15) is 5.10 Å². The van der Waals surface area contributed by atoms with Crippen molar-refractivity contribution in [3.8, 4) is 0 Å². The summed E-state index contributed by atoms with van der Waals surface area (Å²) in [6.45, 7) is 14.1. The number of nitrogens with one attached hydrogen (secondary N) is 1. The quantitative estimate of drug-likeness (QED) is 0.286. The normalized spacial score (nSPS) is 32.2. The van der Waals surface area contributed by atoms with Crippen molar-refractivity contribution < 1.29 is 33.4 Å². The lowest BCUT2D eigenvalue weighted by atomic mass is 9.48. The number of aromatic nitrogens is 2. The second kappa shape index (κ2) is 11.0. The first-order valence-corrected chi connectivity index (χ1v) is 14.6. The molecule has 4 saturated carbocycles. The Morgan fingerprint density at radius 3 is 2.31 bits per heavy atom. The molecule has 2 atom stereocenters. The Morgan fingerprint density at radius 1 is 1.05 bits per heavy atom. The summed E-state index contributed by atoms with van der Waals surface area (Å²) in [5.74, 6) is 1.44. The molecule has 6 rings (SSSR count). The van der Waals surface area contributed by atoms with Crippen molar-refractivity contribution in [1.29, 1.82) is 0 Å². The summed E-state index contributed by atoms with van der Waals surface area (Å²) in [5, 5.41) is 15.7. The molecule has 2 unspecified atom stereocenters. The number of nitrogens with zero attached hydrogens (tertiary/aromatic N) is 2. The summed E-state index contributed by atoms with van der Waals surface area (Å²) in [7, 11) is -0.387. The summed E-state index contributed by atoms with van der Waals surface area (Å²) < 4.78 is 32.6. The van der Waals surface area contributed by atoms with E-state index < -0.39 is 6.09 Å². The van der Waals surface area contributed by atoms with Gasteiger partial charge in [-0.15, -0.1) is 0 Å². The summed E-state index contributed by atoms with van der Waals surface area (Å²) in [5.41, 5.74) is 1.59. The number of hydrogen-bond donors (Lipinski definition) is 2. The van der Waals surface area contributed by atoms with Crippen molar-refractivity contribution >= 4 is 18.7 Å². The first-order chi connectivity index (χ1) is 18.4. The molecular formula is C28H46BN3O7. The van der Waals surface area contributed by atoms with Crippen LogP contribution in [-0.4, -0.2) is 84.5 Å². The number of ether oxygens (including phenoxy) is 3. The van der Waals surface area contributed by atoms with Crippen molar-refractivity contribution in [3.63, 3.8) is 0 Å². The Hall–Kier alpha value is -1.66. The number of carbonyl (C=O) groups is 1. The molecule has 1 aliphatic heterocycles. The van der Waals surface area contributed by atoms with Gasteiger partial charge in [0.2, 0.25) is 0 Å². The predicted molar refractivity (Wildman–Crippen MR) is 146 cm³/mol. The zero-order valence-corrected chi connectivity index (χ0v) is 24.3. The molecule has 0 radical (unpaired) electrons. The van der Waals surface area contributed by atoms with Crippen molar-refractivity contribution in [2.75, 3.05) is 39.6 Å². The molecule has 0 spiro atoms. The van der Waals surface area contributed by atoms with Crippen molar-refractivity contribution in [2.24, 2.45) is 17.3 Å². The highest BCUT2D eigenvalue weighted by Gasteiger charge is 2.59. The van der Waals surface area contributed by atoms with Gasteiger partial charge in [0, 0.05) is 30.4 Å². The van der Waals surface area contributed by atoms with E-state index in [1.807, 2.05) is 6.20 Å². The fraction of sp³-hybridized carbons (Fsp3) is 0.857. The smallest absolute Gasteiger partial charge is 0.465 e. The maximum absolute atomic E-state index is 10.4. The lowest BCUT2D eigenvalue weighted by Crippen LogP contribution is -2.58. The van der Waals surface area contributed by atoms with Gasteiger partial charge < -0.3 is 33.9 Å². The lowest BCUT2D eigenvalue weighted by molar-refractivity contribution is -0.201. The summed E-state index contributed by atoms with van der Waals surface area (Å²) in [6.07, 6.45) is 8.13. The maximum atomic E-state index is 10.4.